The smallest absolute Gasteiger partial charge is 0.266 e. The molecule has 0 radical (unpaired) electrons. The quantitative estimate of drug-likeness (QED) is 0.289. The minimum Gasteiger partial charge on any atom is -0.487 e. The molecule has 180 valence electrons. The number of hydroxylamine groups is 1. The summed E-state index contributed by atoms with van der Waals surface area (Å²) in [6.07, 6.45) is 2.80. The summed E-state index contributed by atoms with van der Waals surface area (Å²) in [6, 6.07) is 6.43. The monoisotopic (exact) mass is 475 g/mol. The molecule has 1 aliphatic rings. The van der Waals surface area contributed by atoms with Crippen molar-refractivity contribution in [2.24, 2.45) is 18.7 Å². The zero-order chi connectivity index (χ0) is 24.3. The summed E-state index contributed by atoms with van der Waals surface area (Å²) in [7, 11) is 1.97. The Bertz CT molecular complexity index is 1010. The van der Waals surface area contributed by atoms with Crippen molar-refractivity contribution in [1.29, 1.82) is 0 Å². The Morgan fingerprint density at radius 2 is 2.03 bits per heavy atom. The molecule has 1 aromatic heterocycles. The maximum absolute atomic E-state index is 13.3. The number of rotatable bonds is 9. The largest absolute Gasteiger partial charge is 0.487 e. The fourth-order valence-electron chi connectivity index (χ4n) is 4.25. The van der Waals surface area contributed by atoms with Gasteiger partial charge in [-0.15, -0.1) is 0 Å². The van der Waals surface area contributed by atoms with Crippen LogP contribution in [0.4, 0.5) is 0 Å². The first-order chi connectivity index (χ1) is 15.6. The van der Waals surface area contributed by atoms with E-state index in [1.807, 2.05) is 38.6 Å². The minimum absolute atomic E-state index is 0.166. The average Bonchev–Trinajstić information content (AvgIpc) is 3.25. The SMILES string of the molecule is CSc1nc(C)c(COc2ccc([C@]3(N)CCN(C(CC(C)C)C(=O)NO)C3=O)cc2)n1C. The number of nitrogens with two attached hydrogens (primary N) is 1. The van der Waals surface area contributed by atoms with E-state index in [1.165, 1.54) is 4.90 Å². The van der Waals surface area contributed by atoms with Crippen LogP contribution in [0.5, 0.6) is 5.75 Å². The highest BCUT2D eigenvalue weighted by Gasteiger charge is 2.48. The zero-order valence-corrected chi connectivity index (χ0v) is 20.6. The summed E-state index contributed by atoms with van der Waals surface area (Å²) in [4.78, 5) is 31.5. The summed E-state index contributed by atoms with van der Waals surface area (Å²) in [6.45, 7) is 6.60. The maximum atomic E-state index is 13.3. The third kappa shape index (κ3) is 5.02. The van der Waals surface area contributed by atoms with Crippen LogP contribution in [-0.2, 0) is 28.8 Å². The lowest BCUT2D eigenvalue weighted by atomic mass is 9.89. The molecule has 10 heteroatoms. The van der Waals surface area contributed by atoms with Crippen LogP contribution in [0.1, 0.15) is 43.6 Å². The van der Waals surface area contributed by atoms with Gasteiger partial charge >= 0.3 is 0 Å². The van der Waals surface area contributed by atoms with Crippen molar-refractivity contribution in [2.45, 2.75) is 57.0 Å². The molecule has 1 aliphatic heterocycles. The summed E-state index contributed by atoms with van der Waals surface area (Å²) in [5, 5.41) is 10.1. The first-order valence-electron chi connectivity index (χ1n) is 11.0. The van der Waals surface area contributed by atoms with Crippen molar-refractivity contribution in [3.05, 3.63) is 41.2 Å². The highest BCUT2D eigenvalue weighted by atomic mass is 32.2. The lowest BCUT2D eigenvalue weighted by molar-refractivity contribution is -0.144. The van der Waals surface area contributed by atoms with Gasteiger partial charge in [-0.1, -0.05) is 37.7 Å². The van der Waals surface area contributed by atoms with Gasteiger partial charge in [0.15, 0.2) is 5.16 Å². The van der Waals surface area contributed by atoms with Gasteiger partial charge in [-0.05, 0) is 49.6 Å². The number of aryl methyl sites for hydroxylation is 1. The van der Waals surface area contributed by atoms with Gasteiger partial charge in [0, 0.05) is 13.6 Å². The number of likely N-dealkylation sites (tertiary alicyclic amines) is 1. The van der Waals surface area contributed by atoms with Crippen LogP contribution in [0.2, 0.25) is 0 Å². The lowest BCUT2D eigenvalue weighted by Crippen LogP contribution is -2.52. The molecule has 4 N–H and O–H groups in total. The van der Waals surface area contributed by atoms with Crippen molar-refractivity contribution in [3.8, 4) is 5.75 Å². The van der Waals surface area contributed by atoms with Gasteiger partial charge in [0.25, 0.3) is 5.91 Å². The number of imidazole rings is 1. The van der Waals surface area contributed by atoms with Gasteiger partial charge in [0.2, 0.25) is 5.91 Å². The van der Waals surface area contributed by atoms with E-state index >= 15 is 0 Å². The predicted octanol–water partition coefficient (Wildman–Crippen LogP) is 2.34. The van der Waals surface area contributed by atoms with Gasteiger partial charge in [-0.3, -0.25) is 14.8 Å². The van der Waals surface area contributed by atoms with Gasteiger partial charge in [0.1, 0.15) is 23.9 Å². The molecular formula is C23H33N5O4S. The Morgan fingerprint density at radius 3 is 2.58 bits per heavy atom. The summed E-state index contributed by atoms with van der Waals surface area (Å²) in [5.74, 6) is -0.0895. The fourth-order valence-corrected chi connectivity index (χ4v) is 4.86. The molecule has 1 unspecified atom stereocenters. The highest BCUT2D eigenvalue weighted by Crippen LogP contribution is 2.34. The van der Waals surface area contributed by atoms with E-state index in [1.54, 1.807) is 41.5 Å². The van der Waals surface area contributed by atoms with Crippen LogP contribution >= 0.6 is 11.8 Å². The first-order valence-corrected chi connectivity index (χ1v) is 12.2. The Hall–Kier alpha value is -2.56. The molecule has 1 saturated heterocycles. The van der Waals surface area contributed by atoms with Crippen molar-refractivity contribution in [2.75, 3.05) is 12.8 Å². The standard InChI is InChI=1S/C23H33N5O4S/c1-14(2)12-18(20(29)26-31)28-11-10-23(24,21(28)30)16-6-8-17(9-7-16)32-13-19-15(3)25-22(33-5)27(19)4/h6-9,14,18,31H,10-13,24H2,1-5H3,(H,26,29)/t18?,23-/m1/s1. The zero-order valence-electron chi connectivity index (χ0n) is 19.8. The first kappa shape index (κ1) is 25.1. The van der Waals surface area contributed by atoms with Crippen LogP contribution in [0, 0.1) is 12.8 Å². The molecule has 9 nitrogen and oxygen atoms in total. The number of nitrogens with one attached hydrogen (secondary N) is 1. The molecule has 33 heavy (non-hydrogen) atoms. The number of ether oxygens (including phenoxy) is 1. The second-order valence-electron chi connectivity index (χ2n) is 8.84. The molecule has 0 spiro atoms. The molecular weight excluding hydrogens is 442 g/mol. The average molecular weight is 476 g/mol. The van der Waals surface area contributed by atoms with E-state index in [0.717, 1.165) is 16.5 Å². The van der Waals surface area contributed by atoms with Crippen molar-refractivity contribution < 1.29 is 19.5 Å². The van der Waals surface area contributed by atoms with E-state index in [2.05, 4.69) is 4.98 Å². The third-order valence-electron chi connectivity index (χ3n) is 6.17. The molecule has 2 aromatic rings. The number of carbonyl (C=O) groups excluding carboxylic acids is 2. The number of thioether (sulfide) groups is 1. The molecule has 1 fully saturated rings. The number of carbonyl (C=O) groups is 2. The minimum atomic E-state index is -1.23. The van der Waals surface area contributed by atoms with Crippen molar-refractivity contribution in [1.82, 2.24) is 19.9 Å². The van der Waals surface area contributed by atoms with Crippen LogP contribution < -0.4 is 16.0 Å². The molecule has 2 amide bonds. The van der Waals surface area contributed by atoms with Gasteiger partial charge in [0.05, 0.1) is 11.4 Å². The second kappa shape index (κ2) is 10.1. The summed E-state index contributed by atoms with van der Waals surface area (Å²) >= 11 is 1.58. The maximum Gasteiger partial charge on any atom is 0.266 e. The second-order valence-corrected chi connectivity index (χ2v) is 9.62. The molecule has 3 rings (SSSR count). The molecule has 2 heterocycles. The molecule has 0 bridgehead atoms. The topological polar surface area (TPSA) is 123 Å². The van der Waals surface area contributed by atoms with Crippen molar-refractivity contribution >= 4 is 23.6 Å². The fraction of sp³-hybridized carbons (Fsp3) is 0.522. The van der Waals surface area contributed by atoms with E-state index in [9.17, 15) is 9.59 Å². The predicted molar refractivity (Wildman–Crippen MR) is 126 cm³/mol. The normalized spacial score (nSPS) is 19.3. The van der Waals surface area contributed by atoms with E-state index in [4.69, 9.17) is 15.7 Å². The lowest BCUT2D eigenvalue weighted by Gasteiger charge is -2.30. The number of amides is 2. The number of aromatic nitrogens is 2. The van der Waals surface area contributed by atoms with Gasteiger partial charge in [-0.25, -0.2) is 10.5 Å². The van der Waals surface area contributed by atoms with E-state index < -0.39 is 17.5 Å². The number of benzene rings is 1. The van der Waals surface area contributed by atoms with Crippen LogP contribution in [0.25, 0.3) is 0 Å². The Labute approximate surface area is 198 Å². The Morgan fingerprint density at radius 1 is 1.36 bits per heavy atom. The number of nitrogens with zero attached hydrogens (tertiary/aromatic N) is 3. The van der Waals surface area contributed by atoms with Gasteiger partial charge in [-0.2, -0.15) is 0 Å². The highest BCUT2D eigenvalue weighted by molar-refractivity contribution is 7.98. The number of hydrogen-bond donors (Lipinski definition) is 3. The van der Waals surface area contributed by atoms with Crippen molar-refractivity contribution in [3.63, 3.8) is 0 Å². The van der Waals surface area contributed by atoms with Crippen LogP contribution in [0.3, 0.4) is 0 Å². The van der Waals surface area contributed by atoms with Gasteiger partial charge < -0.3 is 19.9 Å². The summed E-state index contributed by atoms with van der Waals surface area (Å²) < 4.78 is 7.97. The van der Waals surface area contributed by atoms with E-state index in [0.29, 0.717) is 37.3 Å². The molecule has 1 aromatic carbocycles. The van der Waals surface area contributed by atoms with Crippen LogP contribution in [-0.4, -0.2) is 50.3 Å². The Kier molecular flexibility index (Phi) is 7.71. The molecule has 0 saturated carbocycles. The molecule has 2 atom stereocenters. The Balaban J connectivity index is 1.73. The number of hydrogen-bond acceptors (Lipinski definition) is 7. The van der Waals surface area contributed by atoms with Crippen LogP contribution in [0.15, 0.2) is 29.4 Å². The summed E-state index contributed by atoms with van der Waals surface area (Å²) in [5.41, 5.74) is 9.61. The van der Waals surface area contributed by atoms with E-state index in [-0.39, 0.29) is 11.8 Å². The third-order valence-corrected chi connectivity index (χ3v) is 6.90. The molecule has 0 aliphatic carbocycles.